The number of benzene rings is 2. The van der Waals surface area contributed by atoms with Crippen LogP contribution in [0.25, 0.3) is 0 Å². The summed E-state index contributed by atoms with van der Waals surface area (Å²) in [6.45, 7) is 5.57. The summed E-state index contributed by atoms with van der Waals surface area (Å²) in [6.07, 6.45) is 2.64. The van der Waals surface area contributed by atoms with Crippen LogP contribution < -0.4 is 0 Å². The number of likely N-dealkylation sites (N-methyl/N-ethyl adjacent to an activating group) is 1. The van der Waals surface area contributed by atoms with Crippen molar-refractivity contribution in [2.75, 3.05) is 13.6 Å². The van der Waals surface area contributed by atoms with Crippen LogP contribution in [0, 0.1) is 0 Å². The van der Waals surface area contributed by atoms with E-state index in [0.717, 1.165) is 4.47 Å². The van der Waals surface area contributed by atoms with Crippen molar-refractivity contribution in [1.82, 2.24) is 4.90 Å². The molecule has 0 saturated carbocycles. The quantitative estimate of drug-likeness (QED) is 0.697. The van der Waals surface area contributed by atoms with Crippen LogP contribution in [0.3, 0.4) is 0 Å². The van der Waals surface area contributed by atoms with Crippen LogP contribution in [0.4, 0.5) is 0 Å². The molecule has 24 heavy (non-hydrogen) atoms. The monoisotopic (exact) mass is 387 g/mol. The number of halogens is 1. The first-order valence-electron chi connectivity index (χ1n) is 8.70. The lowest BCUT2D eigenvalue weighted by Crippen LogP contribution is -2.41. The highest BCUT2D eigenvalue weighted by Gasteiger charge is 2.36. The van der Waals surface area contributed by atoms with Gasteiger partial charge in [0.05, 0.1) is 6.10 Å². The summed E-state index contributed by atoms with van der Waals surface area (Å²) in [4.78, 5) is 2.43. The molecule has 2 aromatic rings. The van der Waals surface area contributed by atoms with Crippen LogP contribution in [-0.4, -0.2) is 30.6 Å². The van der Waals surface area contributed by atoms with E-state index in [2.05, 4.69) is 96.3 Å². The van der Waals surface area contributed by atoms with Crippen molar-refractivity contribution in [1.29, 1.82) is 0 Å². The Hall–Kier alpha value is -1.16. The summed E-state index contributed by atoms with van der Waals surface area (Å²) in [5, 5.41) is 0. The van der Waals surface area contributed by atoms with Crippen molar-refractivity contribution < 1.29 is 4.74 Å². The molecule has 0 N–H and O–H groups in total. The Morgan fingerprint density at radius 3 is 2.29 bits per heavy atom. The van der Waals surface area contributed by atoms with E-state index in [1.165, 1.54) is 30.5 Å². The van der Waals surface area contributed by atoms with Gasteiger partial charge in [0.1, 0.15) is 5.60 Å². The van der Waals surface area contributed by atoms with Crippen molar-refractivity contribution in [2.45, 2.75) is 44.4 Å². The maximum atomic E-state index is 6.75. The Balaban J connectivity index is 1.94. The second-order valence-corrected chi connectivity index (χ2v) is 7.83. The normalized spacial score (nSPS) is 22.2. The van der Waals surface area contributed by atoms with Gasteiger partial charge in [0.2, 0.25) is 0 Å². The molecule has 0 radical (unpaired) electrons. The summed E-state index contributed by atoms with van der Waals surface area (Å²) in [6, 6.07) is 19.5. The van der Waals surface area contributed by atoms with Gasteiger partial charge in [-0.3, -0.25) is 0 Å². The zero-order valence-corrected chi connectivity index (χ0v) is 16.3. The SMILES string of the molecule is CC(OC(C)(c1ccccc1)c1ccc(Br)cc1)C1CCCN1C. The van der Waals surface area contributed by atoms with Gasteiger partial charge in [-0.05, 0) is 63.5 Å². The molecule has 3 rings (SSSR count). The average Bonchev–Trinajstić information content (AvgIpc) is 3.02. The first kappa shape index (κ1) is 17.7. The van der Waals surface area contributed by atoms with E-state index in [4.69, 9.17) is 4.74 Å². The molecule has 0 bridgehead atoms. The van der Waals surface area contributed by atoms with Crippen LogP contribution in [0.1, 0.15) is 37.8 Å². The van der Waals surface area contributed by atoms with Gasteiger partial charge >= 0.3 is 0 Å². The van der Waals surface area contributed by atoms with Crippen molar-refractivity contribution in [3.8, 4) is 0 Å². The molecule has 1 saturated heterocycles. The van der Waals surface area contributed by atoms with E-state index in [9.17, 15) is 0 Å². The highest BCUT2D eigenvalue weighted by atomic mass is 79.9. The van der Waals surface area contributed by atoms with Gasteiger partial charge in [-0.1, -0.05) is 58.4 Å². The van der Waals surface area contributed by atoms with Crippen molar-refractivity contribution in [3.63, 3.8) is 0 Å². The van der Waals surface area contributed by atoms with Crippen LogP contribution >= 0.6 is 15.9 Å². The van der Waals surface area contributed by atoms with Gasteiger partial charge < -0.3 is 9.64 Å². The largest absolute Gasteiger partial charge is 0.361 e. The molecule has 1 aliphatic heterocycles. The van der Waals surface area contributed by atoms with E-state index in [1.807, 2.05) is 0 Å². The predicted molar refractivity (Wildman–Crippen MR) is 103 cm³/mol. The molecule has 2 aromatic carbocycles. The number of hydrogen-bond donors (Lipinski definition) is 0. The van der Waals surface area contributed by atoms with Crippen molar-refractivity contribution in [2.24, 2.45) is 0 Å². The maximum absolute atomic E-state index is 6.75. The molecule has 3 heteroatoms. The van der Waals surface area contributed by atoms with Gasteiger partial charge in [0.25, 0.3) is 0 Å². The fraction of sp³-hybridized carbons (Fsp3) is 0.429. The fourth-order valence-corrected chi connectivity index (χ4v) is 4.07. The molecule has 0 aromatic heterocycles. The molecule has 1 aliphatic rings. The predicted octanol–water partition coefficient (Wildman–Crippen LogP) is 5.21. The first-order chi connectivity index (χ1) is 11.5. The zero-order chi connectivity index (χ0) is 17.2. The smallest absolute Gasteiger partial charge is 0.116 e. The molecule has 1 heterocycles. The van der Waals surface area contributed by atoms with E-state index >= 15 is 0 Å². The molecular formula is C21H26BrNO. The number of hydrogen-bond acceptors (Lipinski definition) is 2. The van der Waals surface area contributed by atoms with Crippen molar-refractivity contribution >= 4 is 15.9 Å². The third-order valence-corrected chi connectivity index (χ3v) is 5.79. The Kier molecular flexibility index (Phi) is 5.43. The summed E-state index contributed by atoms with van der Waals surface area (Å²) in [7, 11) is 2.21. The van der Waals surface area contributed by atoms with Gasteiger partial charge in [0, 0.05) is 10.5 Å². The summed E-state index contributed by atoms with van der Waals surface area (Å²) < 4.78 is 7.84. The molecule has 0 aliphatic carbocycles. The van der Waals surface area contributed by atoms with Gasteiger partial charge in [-0.15, -0.1) is 0 Å². The standard InChI is InChI=1S/C21H26BrNO/c1-16(20-10-7-15-23(20)3)24-21(2,17-8-5-4-6-9-17)18-11-13-19(22)14-12-18/h4-6,8-9,11-14,16,20H,7,10,15H2,1-3H3. The second-order valence-electron chi connectivity index (χ2n) is 6.92. The maximum Gasteiger partial charge on any atom is 0.116 e. The molecule has 0 amide bonds. The first-order valence-corrected chi connectivity index (χ1v) is 9.49. The molecule has 0 spiro atoms. The van der Waals surface area contributed by atoms with E-state index in [0.29, 0.717) is 6.04 Å². The minimum atomic E-state index is -0.454. The summed E-state index contributed by atoms with van der Waals surface area (Å²) >= 11 is 3.53. The topological polar surface area (TPSA) is 12.5 Å². The Labute approximate surface area is 154 Å². The van der Waals surface area contributed by atoms with Gasteiger partial charge in [-0.25, -0.2) is 0 Å². The lowest BCUT2D eigenvalue weighted by molar-refractivity contribution is -0.0797. The molecule has 1 fully saturated rings. The molecule has 128 valence electrons. The van der Waals surface area contributed by atoms with E-state index in [-0.39, 0.29) is 6.10 Å². The van der Waals surface area contributed by atoms with Crippen LogP contribution in [0.2, 0.25) is 0 Å². The van der Waals surface area contributed by atoms with Gasteiger partial charge in [0.15, 0.2) is 0 Å². The Morgan fingerprint density at radius 1 is 1.08 bits per heavy atom. The zero-order valence-electron chi connectivity index (χ0n) is 14.7. The van der Waals surface area contributed by atoms with Crippen LogP contribution in [0.15, 0.2) is 59.1 Å². The number of likely N-dealkylation sites (tertiary alicyclic amines) is 1. The highest BCUT2D eigenvalue weighted by molar-refractivity contribution is 9.10. The highest BCUT2D eigenvalue weighted by Crippen LogP contribution is 2.36. The summed E-state index contributed by atoms with van der Waals surface area (Å²) in [5.74, 6) is 0. The third kappa shape index (κ3) is 3.58. The molecular weight excluding hydrogens is 362 g/mol. The average molecular weight is 388 g/mol. The van der Waals surface area contributed by atoms with Gasteiger partial charge in [-0.2, -0.15) is 0 Å². The third-order valence-electron chi connectivity index (χ3n) is 5.26. The minimum Gasteiger partial charge on any atom is -0.361 e. The Morgan fingerprint density at radius 2 is 1.71 bits per heavy atom. The minimum absolute atomic E-state index is 0.173. The number of nitrogens with zero attached hydrogens (tertiary/aromatic N) is 1. The molecule has 3 unspecified atom stereocenters. The molecule has 3 atom stereocenters. The van der Waals surface area contributed by atoms with Crippen molar-refractivity contribution in [3.05, 3.63) is 70.2 Å². The fourth-order valence-electron chi connectivity index (χ4n) is 3.81. The lowest BCUT2D eigenvalue weighted by Gasteiger charge is -2.37. The van der Waals surface area contributed by atoms with E-state index < -0.39 is 5.60 Å². The Bertz CT molecular complexity index is 657. The molecule has 2 nitrogen and oxygen atoms in total. The number of rotatable bonds is 5. The summed E-state index contributed by atoms with van der Waals surface area (Å²) in [5.41, 5.74) is 1.93. The van der Waals surface area contributed by atoms with Crippen LogP contribution in [-0.2, 0) is 10.3 Å². The number of ether oxygens (including phenoxy) is 1. The van der Waals surface area contributed by atoms with E-state index in [1.54, 1.807) is 0 Å². The second kappa shape index (κ2) is 7.38. The van der Waals surface area contributed by atoms with Crippen LogP contribution in [0.5, 0.6) is 0 Å². The lowest BCUT2D eigenvalue weighted by atomic mass is 9.87.